The molecule has 0 aliphatic carbocycles. The van der Waals surface area contributed by atoms with Crippen LogP contribution in [0.5, 0.6) is 0 Å². The fraction of sp³-hybridized carbons (Fsp3) is 0.316. The molecule has 2 nitrogen and oxygen atoms in total. The highest BCUT2D eigenvalue weighted by atomic mass is 31.1. The molecule has 3 heteroatoms. The normalized spacial score (nSPS) is 20.9. The molecule has 2 aromatic carbocycles. The molecule has 0 bridgehead atoms. The van der Waals surface area contributed by atoms with Crippen molar-refractivity contribution in [3.8, 4) is 0 Å². The molecule has 2 atom stereocenters. The van der Waals surface area contributed by atoms with Gasteiger partial charge in [0.2, 0.25) is 0 Å². The van der Waals surface area contributed by atoms with Gasteiger partial charge < -0.3 is 0 Å². The lowest BCUT2D eigenvalue weighted by Gasteiger charge is -2.23. The molecule has 0 saturated heterocycles. The van der Waals surface area contributed by atoms with Gasteiger partial charge in [0.15, 0.2) is 0 Å². The van der Waals surface area contributed by atoms with Crippen molar-refractivity contribution in [1.29, 1.82) is 0 Å². The lowest BCUT2D eigenvalue weighted by molar-refractivity contribution is 0.767. The lowest BCUT2D eigenvalue weighted by atomic mass is 10.1. The first-order valence-electron chi connectivity index (χ1n) is 8.07. The maximum atomic E-state index is 4.91. The van der Waals surface area contributed by atoms with E-state index in [1.807, 2.05) is 0 Å². The largest absolute Gasteiger partial charge is 0.290 e. The highest BCUT2D eigenvalue weighted by Gasteiger charge is 2.32. The summed E-state index contributed by atoms with van der Waals surface area (Å²) in [6.45, 7) is 4.22. The van der Waals surface area contributed by atoms with Crippen LogP contribution >= 0.6 is 8.07 Å². The van der Waals surface area contributed by atoms with E-state index >= 15 is 0 Å². The molecule has 0 amide bonds. The Bertz CT molecular complexity index is 610. The maximum Gasteiger partial charge on any atom is 0.0803 e. The van der Waals surface area contributed by atoms with Crippen molar-refractivity contribution >= 4 is 13.5 Å². The summed E-state index contributed by atoms with van der Waals surface area (Å²) in [7, 11) is -0.436. The van der Waals surface area contributed by atoms with Gasteiger partial charge in [0.05, 0.1) is 12.0 Å². The molecule has 2 aromatic rings. The van der Waals surface area contributed by atoms with E-state index in [0.29, 0.717) is 5.66 Å². The van der Waals surface area contributed by atoms with Crippen LogP contribution in [0.1, 0.15) is 36.6 Å². The molecule has 0 radical (unpaired) electrons. The molecule has 3 rings (SSSR count). The zero-order valence-corrected chi connectivity index (χ0v) is 14.0. The highest BCUT2D eigenvalue weighted by Crippen LogP contribution is 2.54. The van der Waals surface area contributed by atoms with Crippen LogP contribution in [-0.2, 0) is 0 Å². The fourth-order valence-corrected chi connectivity index (χ4v) is 5.23. The Labute approximate surface area is 134 Å². The minimum atomic E-state index is -0.436. The van der Waals surface area contributed by atoms with Gasteiger partial charge in [-0.15, -0.1) is 0 Å². The summed E-state index contributed by atoms with van der Waals surface area (Å²) in [6.07, 6.45) is 2.45. The summed E-state index contributed by atoms with van der Waals surface area (Å²) in [4.78, 5) is 4.91. The summed E-state index contributed by atoms with van der Waals surface area (Å²) < 4.78 is 0. The summed E-state index contributed by atoms with van der Waals surface area (Å²) in [5.41, 5.74) is 4.46. The third-order valence-electron chi connectivity index (χ3n) is 3.98. The zero-order valence-electron chi connectivity index (χ0n) is 13.1. The van der Waals surface area contributed by atoms with Crippen LogP contribution in [0.2, 0.25) is 0 Å². The Morgan fingerprint density at radius 1 is 1.05 bits per heavy atom. The van der Waals surface area contributed by atoms with Crippen molar-refractivity contribution in [2.45, 2.75) is 25.4 Å². The second kappa shape index (κ2) is 7.67. The molecule has 22 heavy (non-hydrogen) atoms. The van der Waals surface area contributed by atoms with Crippen LogP contribution in [0.3, 0.4) is 0 Å². The van der Waals surface area contributed by atoms with E-state index in [0.717, 1.165) is 13.1 Å². The standard InChI is InChI=1S/C19H23N2P/c1-2-3-14-21-22-18(16-10-6-4-7-11-16)15-20-19(22)17-12-8-5-9-13-17/h4-13,18,21H,2-3,14-15H2,1H3/t18-,22?/m0/s1. The van der Waals surface area contributed by atoms with Gasteiger partial charge in [-0.05, 0) is 18.5 Å². The second-order valence-electron chi connectivity index (χ2n) is 5.59. The Kier molecular flexibility index (Phi) is 5.37. The minimum Gasteiger partial charge on any atom is -0.290 e. The van der Waals surface area contributed by atoms with Gasteiger partial charge in [-0.25, -0.2) is 0 Å². The number of hydrogen-bond donors (Lipinski definition) is 1. The SMILES string of the molecule is CCCCNP1C(c2ccccc2)=NC[C@H]1c1ccccc1. The van der Waals surface area contributed by atoms with Crippen LogP contribution < -0.4 is 5.09 Å². The highest BCUT2D eigenvalue weighted by molar-refractivity contribution is 7.75. The molecule has 1 aliphatic heterocycles. The molecule has 1 aliphatic rings. The van der Waals surface area contributed by atoms with E-state index in [2.05, 4.69) is 72.7 Å². The molecule has 1 heterocycles. The van der Waals surface area contributed by atoms with Crippen molar-refractivity contribution in [3.63, 3.8) is 0 Å². The molecule has 0 spiro atoms. The van der Waals surface area contributed by atoms with Crippen LogP contribution in [0.4, 0.5) is 0 Å². The molecule has 0 aromatic heterocycles. The quantitative estimate of drug-likeness (QED) is 0.591. The average Bonchev–Trinajstić information content (AvgIpc) is 3.01. The third-order valence-corrected chi connectivity index (χ3v) is 6.49. The summed E-state index contributed by atoms with van der Waals surface area (Å²) in [5.74, 6) is 0. The van der Waals surface area contributed by atoms with E-state index in [1.165, 1.54) is 29.4 Å². The molecular weight excluding hydrogens is 287 g/mol. The third kappa shape index (κ3) is 3.45. The first-order chi connectivity index (χ1) is 10.9. The van der Waals surface area contributed by atoms with Gasteiger partial charge in [-0.1, -0.05) is 74.0 Å². The summed E-state index contributed by atoms with van der Waals surface area (Å²) in [5, 5.41) is 3.81. The predicted molar refractivity (Wildman–Crippen MR) is 96.9 cm³/mol. The van der Waals surface area contributed by atoms with Gasteiger partial charge in [0.1, 0.15) is 0 Å². The van der Waals surface area contributed by atoms with Crippen molar-refractivity contribution in [2.24, 2.45) is 4.99 Å². The van der Waals surface area contributed by atoms with Crippen LogP contribution in [0, 0.1) is 0 Å². The van der Waals surface area contributed by atoms with E-state index < -0.39 is 8.07 Å². The molecule has 1 N–H and O–H groups in total. The molecular formula is C19H23N2P. The number of unbranched alkanes of at least 4 members (excludes halogenated alkanes) is 1. The van der Waals surface area contributed by atoms with Crippen molar-refractivity contribution in [2.75, 3.05) is 13.1 Å². The van der Waals surface area contributed by atoms with Gasteiger partial charge in [0.25, 0.3) is 0 Å². The van der Waals surface area contributed by atoms with Crippen molar-refractivity contribution in [1.82, 2.24) is 5.09 Å². The zero-order chi connectivity index (χ0) is 15.2. The number of nitrogens with one attached hydrogen (secondary N) is 1. The van der Waals surface area contributed by atoms with Crippen LogP contribution in [0.25, 0.3) is 0 Å². The van der Waals surface area contributed by atoms with Gasteiger partial charge in [-0.3, -0.25) is 10.1 Å². The minimum absolute atomic E-state index is 0.436. The van der Waals surface area contributed by atoms with E-state index in [1.54, 1.807) is 0 Å². The van der Waals surface area contributed by atoms with Gasteiger partial charge in [0, 0.05) is 19.3 Å². The predicted octanol–water partition coefficient (Wildman–Crippen LogP) is 4.97. The van der Waals surface area contributed by atoms with E-state index in [-0.39, 0.29) is 0 Å². The molecule has 114 valence electrons. The Balaban J connectivity index is 1.84. The van der Waals surface area contributed by atoms with Crippen molar-refractivity contribution < 1.29 is 0 Å². The second-order valence-corrected chi connectivity index (χ2v) is 7.69. The number of aliphatic imine (C=N–C) groups is 1. The van der Waals surface area contributed by atoms with E-state index in [9.17, 15) is 0 Å². The molecule has 0 fully saturated rings. The number of rotatable bonds is 6. The lowest BCUT2D eigenvalue weighted by Crippen LogP contribution is -2.16. The van der Waals surface area contributed by atoms with Gasteiger partial charge >= 0.3 is 0 Å². The monoisotopic (exact) mass is 310 g/mol. The first-order valence-corrected chi connectivity index (χ1v) is 9.49. The summed E-state index contributed by atoms with van der Waals surface area (Å²) >= 11 is 0. The fourth-order valence-electron chi connectivity index (χ4n) is 2.79. The topological polar surface area (TPSA) is 24.4 Å². The number of benzene rings is 2. The Morgan fingerprint density at radius 2 is 1.73 bits per heavy atom. The summed E-state index contributed by atoms with van der Waals surface area (Å²) in [6, 6.07) is 21.5. The molecule has 1 unspecified atom stereocenters. The Hall–Kier alpha value is -1.50. The van der Waals surface area contributed by atoms with Crippen molar-refractivity contribution in [3.05, 3.63) is 71.8 Å². The Morgan fingerprint density at radius 3 is 2.41 bits per heavy atom. The average molecular weight is 310 g/mol. The van der Waals surface area contributed by atoms with E-state index in [4.69, 9.17) is 4.99 Å². The molecule has 0 saturated carbocycles. The van der Waals surface area contributed by atoms with Crippen LogP contribution in [-0.4, -0.2) is 18.5 Å². The number of nitrogens with zero attached hydrogens (tertiary/aromatic N) is 1. The smallest absolute Gasteiger partial charge is 0.0803 e. The van der Waals surface area contributed by atoms with Gasteiger partial charge in [-0.2, -0.15) is 0 Å². The maximum absolute atomic E-state index is 4.91. The van der Waals surface area contributed by atoms with Crippen LogP contribution in [0.15, 0.2) is 65.7 Å². The first kappa shape index (κ1) is 15.4. The number of hydrogen-bond acceptors (Lipinski definition) is 2.